The fourth-order valence-corrected chi connectivity index (χ4v) is 9.74. The van der Waals surface area contributed by atoms with E-state index >= 15 is 0 Å². The lowest BCUT2D eigenvalue weighted by Crippen LogP contribution is -2.63. The van der Waals surface area contributed by atoms with Crippen molar-refractivity contribution in [2.24, 2.45) is 23.1 Å². The van der Waals surface area contributed by atoms with Crippen molar-refractivity contribution < 1.29 is 48.3 Å². The molecule has 2 heterocycles. The molecule has 1 aliphatic heterocycles. The van der Waals surface area contributed by atoms with Crippen LogP contribution in [0.5, 0.6) is 0 Å². The molecule has 0 spiro atoms. The molecule has 10 atom stereocenters. The summed E-state index contributed by atoms with van der Waals surface area (Å²) in [6.07, 6.45) is 6.69. The van der Waals surface area contributed by atoms with Crippen LogP contribution < -0.4 is 54.4 Å². The van der Waals surface area contributed by atoms with Crippen LogP contribution in [0.1, 0.15) is 104 Å². The van der Waals surface area contributed by atoms with Crippen LogP contribution in [0.15, 0.2) is 30.5 Å². The Labute approximate surface area is 431 Å². The maximum atomic E-state index is 14.1. The molecule has 1 aromatic carbocycles. The van der Waals surface area contributed by atoms with E-state index in [0.29, 0.717) is 25.7 Å². The number of nitrogens with two attached hydrogens (primary N) is 3. The number of H-pyrrole nitrogens is 1. The third kappa shape index (κ3) is 16.5. The first-order chi connectivity index (χ1) is 34.2. The number of carbonyl (C=O) groups is 9. The molecule has 1 saturated heterocycles. The van der Waals surface area contributed by atoms with Gasteiger partial charge in [-0.1, -0.05) is 57.7 Å². The molecule has 4 rings (SSSR count). The van der Waals surface area contributed by atoms with Gasteiger partial charge in [0, 0.05) is 53.5 Å². The van der Waals surface area contributed by atoms with Crippen molar-refractivity contribution >= 4 is 89.3 Å². The zero-order valence-electron chi connectivity index (χ0n) is 41.7. The quantitative estimate of drug-likeness (QED) is 0.0464. The Bertz CT molecular complexity index is 2220. The summed E-state index contributed by atoms with van der Waals surface area (Å²) in [6, 6.07) is -2.43. The molecule has 24 heteroatoms. The van der Waals surface area contributed by atoms with E-state index in [2.05, 4.69) is 54.8 Å². The average molecular weight is 1050 g/mol. The first-order valence-electron chi connectivity index (χ1n) is 24.8. The molecule has 400 valence electrons. The predicted octanol–water partition coefficient (Wildman–Crippen LogP) is -1.32. The molecule has 1 aliphatic carbocycles. The Morgan fingerprint density at radius 3 is 2.04 bits per heavy atom. The number of nitrogens with zero attached hydrogens (tertiary/aromatic N) is 1. The van der Waals surface area contributed by atoms with E-state index in [1.807, 2.05) is 24.3 Å². The first-order valence-corrected chi connectivity index (χ1v) is 25.9. The van der Waals surface area contributed by atoms with Gasteiger partial charge in [0.15, 0.2) is 0 Å². The molecule has 1 saturated carbocycles. The van der Waals surface area contributed by atoms with E-state index in [0.717, 1.165) is 48.6 Å². The molecule has 2 unspecified atom stereocenters. The smallest absolute Gasteiger partial charge is 0.245 e. The highest BCUT2D eigenvalue weighted by Gasteiger charge is 2.40. The second-order valence-corrected chi connectivity index (χ2v) is 20.4. The molecule has 2 aromatic rings. The number of fused-ring (bicyclic) bond motifs is 1. The second-order valence-electron chi connectivity index (χ2n) is 19.1. The van der Waals surface area contributed by atoms with Crippen LogP contribution >= 0.6 is 25.3 Å². The zero-order chi connectivity index (χ0) is 53.3. The number of aliphatic hydroxyl groups excluding tert-OH is 1. The number of rotatable bonds is 27. The van der Waals surface area contributed by atoms with Crippen molar-refractivity contribution in [3.8, 4) is 0 Å². The number of aromatic nitrogens is 1. The minimum Gasteiger partial charge on any atom is -0.391 e. The summed E-state index contributed by atoms with van der Waals surface area (Å²) in [7, 11) is 0. The van der Waals surface area contributed by atoms with Gasteiger partial charge < -0.3 is 69.4 Å². The fraction of sp³-hybridized carbons (Fsp3) is 0.646. The standard InChI is InChI=1S/C48H76N12O10S2/c1-5-26(2)38(58-43(66)35(25-71)57-41(64)33(21-29-24-52-31-14-8-7-13-30(29)31)54-37(62)22-48(72)17-9-6-10-18-48)45(68)59-39(28(4)61)46(69)56-34(23-50)42(65)53-27(3)47(70)60-20-12-16-36(60)44(67)55-32(40(51)63)15-11-19-49/h7-8,13-14,24,26-28,32-36,38-39,52,61,71-72H,5-6,9-12,15-23,25,49-50H2,1-4H3,(H2,51,63)(H,53,65)(H,54,62)(H,55,67)(H,56,69)(H,57,64)(H,58,66)(H,59,68)/t26?,27-,28?,32-,33+,34-,35-,36-,38-,39-/m0/s1. The van der Waals surface area contributed by atoms with Crippen molar-refractivity contribution in [1.29, 1.82) is 0 Å². The molecule has 9 amide bonds. The number of carbonyl (C=O) groups excluding carboxylic acids is 9. The number of benzene rings is 1. The van der Waals surface area contributed by atoms with E-state index in [9.17, 15) is 48.3 Å². The zero-order valence-corrected chi connectivity index (χ0v) is 43.5. The number of para-hydroxylation sites is 1. The highest BCUT2D eigenvalue weighted by Crippen LogP contribution is 2.36. The van der Waals surface area contributed by atoms with Crippen LogP contribution in [-0.2, 0) is 49.6 Å². The lowest BCUT2D eigenvalue weighted by Gasteiger charge is -2.32. The van der Waals surface area contributed by atoms with Crippen LogP contribution in [0.4, 0.5) is 0 Å². The summed E-state index contributed by atoms with van der Waals surface area (Å²) in [5.41, 5.74) is 18.5. The van der Waals surface area contributed by atoms with E-state index in [4.69, 9.17) is 29.8 Å². The van der Waals surface area contributed by atoms with Gasteiger partial charge in [0.2, 0.25) is 53.2 Å². The number of amides is 9. The number of aliphatic hydroxyl groups is 1. The summed E-state index contributed by atoms with van der Waals surface area (Å²) in [4.78, 5) is 126. The number of hydrogen-bond donors (Lipinski definition) is 14. The molecule has 22 nitrogen and oxygen atoms in total. The number of likely N-dealkylation sites (tertiary alicyclic amines) is 1. The fourth-order valence-electron chi connectivity index (χ4n) is 9.03. The molecule has 2 fully saturated rings. The van der Waals surface area contributed by atoms with Gasteiger partial charge in [-0.25, -0.2) is 0 Å². The number of primary amides is 1. The van der Waals surface area contributed by atoms with Crippen molar-refractivity contribution in [3.63, 3.8) is 0 Å². The molecular weight excluding hydrogens is 969 g/mol. The van der Waals surface area contributed by atoms with Crippen molar-refractivity contribution in [1.82, 2.24) is 47.1 Å². The molecule has 0 bridgehead atoms. The molecule has 0 radical (unpaired) electrons. The first kappa shape index (κ1) is 59.1. The third-order valence-corrected chi connectivity index (χ3v) is 14.5. The van der Waals surface area contributed by atoms with Gasteiger partial charge >= 0.3 is 0 Å². The third-order valence-electron chi connectivity index (χ3n) is 13.5. The van der Waals surface area contributed by atoms with E-state index < -0.39 is 119 Å². The van der Waals surface area contributed by atoms with Crippen molar-refractivity contribution in [3.05, 3.63) is 36.0 Å². The number of nitrogens with one attached hydrogen (secondary N) is 8. The van der Waals surface area contributed by atoms with Gasteiger partial charge in [-0.05, 0) is 76.5 Å². The van der Waals surface area contributed by atoms with E-state index in [1.165, 1.54) is 18.7 Å². The summed E-state index contributed by atoms with van der Waals surface area (Å²) in [5, 5.41) is 29.9. The van der Waals surface area contributed by atoms with E-state index in [1.54, 1.807) is 20.0 Å². The molecule has 2 aliphatic rings. The number of thiol groups is 2. The minimum absolute atomic E-state index is 0.0867. The van der Waals surface area contributed by atoms with Gasteiger partial charge in [-0.15, -0.1) is 0 Å². The summed E-state index contributed by atoms with van der Waals surface area (Å²) < 4.78 is -0.509. The van der Waals surface area contributed by atoms with Crippen LogP contribution in [0, 0.1) is 5.92 Å². The Morgan fingerprint density at radius 2 is 1.42 bits per heavy atom. The highest BCUT2D eigenvalue weighted by atomic mass is 32.1. The lowest BCUT2D eigenvalue weighted by atomic mass is 9.85. The number of hydrogen-bond acceptors (Lipinski definition) is 14. The van der Waals surface area contributed by atoms with Crippen LogP contribution in [-0.4, -0.2) is 153 Å². The van der Waals surface area contributed by atoms with Crippen LogP contribution in [0.25, 0.3) is 10.9 Å². The maximum absolute atomic E-state index is 14.1. The van der Waals surface area contributed by atoms with Crippen LogP contribution in [0.2, 0.25) is 0 Å². The summed E-state index contributed by atoms with van der Waals surface area (Å²) in [6.45, 7) is 6.08. The summed E-state index contributed by atoms with van der Waals surface area (Å²) in [5.74, 6) is -7.25. The Balaban J connectivity index is 1.41. The maximum Gasteiger partial charge on any atom is 0.245 e. The van der Waals surface area contributed by atoms with Crippen molar-refractivity contribution in [2.75, 3.05) is 25.4 Å². The van der Waals surface area contributed by atoms with Gasteiger partial charge in [-0.3, -0.25) is 43.2 Å². The van der Waals surface area contributed by atoms with Gasteiger partial charge in [0.1, 0.15) is 48.3 Å². The summed E-state index contributed by atoms with van der Waals surface area (Å²) >= 11 is 9.19. The Morgan fingerprint density at radius 1 is 0.792 bits per heavy atom. The Kier molecular flexibility index (Phi) is 23.1. The molecular formula is C48H76N12O10S2. The molecule has 1 aromatic heterocycles. The molecule has 15 N–H and O–H groups in total. The van der Waals surface area contributed by atoms with Gasteiger partial charge in [0.25, 0.3) is 0 Å². The number of aromatic amines is 1. The topological polar surface area (TPSA) is 355 Å². The lowest BCUT2D eigenvalue weighted by molar-refractivity contribution is -0.142. The largest absolute Gasteiger partial charge is 0.391 e. The minimum atomic E-state index is -1.67. The monoisotopic (exact) mass is 1040 g/mol. The average Bonchev–Trinajstić information content (AvgIpc) is 4.01. The predicted molar refractivity (Wildman–Crippen MR) is 277 cm³/mol. The molecule has 72 heavy (non-hydrogen) atoms. The highest BCUT2D eigenvalue weighted by molar-refractivity contribution is 7.81. The Hall–Kier alpha value is -5.43. The SMILES string of the molecule is CCC(C)[C@H](NC(=O)[C@H](CS)NC(=O)[C@@H](Cc1c[nH]c2ccccc12)NC(=O)CC1(S)CCCCC1)C(=O)N[C@H](C(=O)N[C@@H](CN)C(=O)N[C@@H](C)C(=O)N1CCC[C@H]1C(=O)N[C@@H](CCCN)C(N)=O)C(C)O. The normalized spacial score (nSPS) is 19.2. The van der Waals surface area contributed by atoms with Crippen molar-refractivity contribution in [2.45, 2.75) is 164 Å². The van der Waals surface area contributed by atoms with Gasteiger partial charge in [0.05, 0.1) is 6.10 Å². The van der Waals surface area contributed by atoms with Crippen LogP contribution in [0.3, 0.4) is 0 Å². The van der Waals surface area contributed by atoms with Gasteiger partial charge in [-0.2, -0.15) is 25.3 Å². The second kappa shape index (κ2) is 28.1. The van der Waals surface area contributed by atoms with E-state index in [-0.39, 0.29) is 44.0 Å².